The van der Waals surface area contributed by atoms with Crippen molar-refractivity contribution in [2.24, 2.45) is 0 Å². The number of fused-ring (bicyclic) bond motifs is 1. The highest BCUT2D eigenvalue weighted by Gasteiger charge is 2.13. The summed E-state index contributed by atoms with van der Waals surface area (Å²) in [6.45, 7) is 0. The van der Waals surface area contributed by atoms with Gasteiger partial charge in [0.25, 0.3) is 0 Å². The third-order valence-corrected chi connectivity index (χ3v) is 3.13. The topological polar surface area (TPSA) is 82.8 Å². The van der Waals surface area contributed by atoms with Crippen LogP contribution in [0.25, 0.3) is 22.2 Å². The number of anilines is 1. The summed E-state index contributed by atoms with van der Waals surface area (Å²) < 4.78 is 1.28. The maximum atomic E-state index is 6.14. The first-order valence-electron chi connectivity index (χ1n) is 5.30. The first-order chi connectivity index (χ1) is 8.68. The third-order valence-electron chi connectivity index (χ3n) is 2.80. The first-order valence-corrected chi connectivity index (χ1v) is 5.68. The van der Waals surface area contributed by atoms with E-state index in [1.807, 2.05) is 18.2 Å². The Morgan fingerprint density at radius 3 is 2.72 bits per heavy atom. The molecule has 2 aromatic heterocycles. The summed E-state index contributed by atoms with van der Waals surface area (Å²) in [7, 11) is 0. The van der Waals surface area contributed by atoms with Gasteiger partial charge >= 0.3 is 0 Å². The van der Waals surface area contributed by atoms with Crippen molar-refractivity contribution in [2.45, 2.75) is 0 Å². The van der Waals surface area contributed by atoms with Gasteiger partial charge in [0.2, 0.25) is 0 Å². The Balaban J connectivity index is 2.37. The molecular formula is C12H10ClN5. The molecule has 0 saturated heterocycles. The maximum Gasteiger partial charge on any atom is 0.150 e. The number of halogens is 1. The van der Waals surface area contributed by atoms with E-state index in [0.717, 1.165) is 16.5 Å². The Morgan fingerprint density at radius 1 is 1.17 bits per heavy atom. The number of nitrogens with zero attached hydrogens (tertiary/aromatic N) is 3. The zero-order valence-electron chi connectivity index (χ0n) is 9.34. The van der Waals surface area contributed by atoms with Crippen LogP contribution in [0.3, 0.4) is 0 Å². The SMILES string of the molecule is Nc1c(-c2ccc(Cl)c3cccnc23)ncn1N. The second-order valence-electron chi connectivity index (χ2n) is 3.88. The second kappa shape index (κ2) is 3.89. The van der Waals surface area contributed by atoms with Crippen LogP contribution in [-0.4, -0.2) is 14.6 Å². The minimum absolute atomic E-state index is 0.393. The molecular weight excluding hydrogens is 250 g/mol. The average molecular weight is 260 g/mol. The van der Waals surface area contributed by atoms with Crippen LogP contribution in [0.5, 0.6) is 0 Å². The third kappa shape index (κ3) is 1.48. The number of benzene rings is 1. The molecule has 0 radical (unpaired) electrons. The Kier molecular flexibility index (Phi) is 2.34. The summed E-state index contributed by atoms with van der Waals surface area (Å²) in [5.74, 6) is 6.03. The van der Waals surface area contributed by atoms with Crippen molar-refractivity contribution in [1.29, 1.82) is 0 Å². The average Bonchev–Trinajstić information content (AvgIpc) is 2.71. The van der Waals surface area contributed by atoms with E-state index in [-0.39, 0.29) is 0 Å². The van der Waals surface area contributed by atoms with Crippen molar-refractivity contribution in [1.82, 2.24) is 14.6 Å². The van der Waals surface area contributed by atoms with E-state index in [0.29, 0.717) is 16.5 Å². The van der Waals surface area contributed by atoms with E-state index in [1.165, 1.54) is 11.0 Å². The molecule has 6 heteroatoms. The minimum Gasteiger partial charge on any atom is -0.382 e. The lowest BCUT2D eigenvalue weighted by Crippen LogP contribution is -2.10. The van der Waals surface area contributed by atoms with Crippen molar-refractivity contribution in [3.05, 3.63) is 41.8 Å². The summed E-state index contributed by atoms with van der Waals surface area (Å²) >= 11 is 6.14. The fourth-order valence-electron chi connectivity index (χ4n) is 1.91. The summed E-state index contributed by atoms with van der Waals surface area (Å²) in [6.07, 6.45) is 3.17. The summed E-state index contributed by atoms with van der Waals surface area (Å²) in [6, 6.07) is 7.39. The monoisotopic (exact) mass is 259 g/mol. The molecule has 0 saturated carbocycles. The van der Waals surface area contributed by atoms with Crippen molar-refractivity contribution < 1.29 is 0 Å². The number of imidazole rings is 1. The summed E-state index contributed by atoms with van der Waals surface area (Å²) in [4.78, 5) is 8.53. The van der Waals surface area contributed by atoms with Crippen LogP contribution >= 0.6 is 11.6 Å². The maximum absolute atomic E-state index is 6.14. The van der Waals surface area contributed by atoms with E-state index >= 15 is 0 Å². The van der Waals surface area contributed by atoms with Crippen LogP contribution in [0.15, 0.2) is 36.8 Å². The van der Waals surface area contributed by atoms with E-state index in [4.69, 9.17) is 23.2 Å². The molecule has 0 bridgehead atoms. The smallest absolute Gasteiger partial charge is 0.150 e. The number of nitrogens with two attached hydrogens (primary N) is 2. The van der Waals surface area contributed by atoms with Gasteiger partial charge in [0.15, 0.2) is 5.82 Å². The molecule has 5 nitrogen and oxygen atoms in total. The molecule has 0 fully saturated rings. The van der Waals surface area contributed by atoms with Crippen molar-refractivity contribution >= 4 is 28.3 Å². The molecule has 4 N–H and O–H groups in total. The van der Waals surface area contributed by atoms with Gasteiger partial charge in [-0.3, -0.25) is 4.98 Å². The number of rotatable bonds is 1. The van der Waals surface area contributed by atoms with E-state index in [9.17, 15) is 0 Å². The standard InChI is InChI=1S/C12H10ClN5/c13-9-4-3-8(10-7(9)2-1-5-16-10)11-12(14)18(15)6-17-11/h1-6H,14-15H2. The lowest BCUT2D eigenvalue weighted by atomic mass is 10.1. The van der Waals surface area contributed by atoms with Crippen molar-refractivity contribution in [3.8, 4) is 11.3 Å². The zero-order chi connectivity index (χ0) is 12.7. The lowest BCUT2D eigenvalue weighted by Gasteiger charge is -2.06. The van der Waals surface area contributed by atoms with Gasteiger partial charge in [0.05, 0.1) is 10.5 Å². The molecule has 90 valence electrons. The molecule has 1 aromatic carbocycles. The van der Waals surface area contributed by atoms with Gasteiger partial charge in [-0.25, -0.2) is 9.66 Å². The highest BCUT2D eigenvalue weighted by molar-refractivity contribution is 6.35. The summed E-state index contributed by atoms with van der Waals surface area (Å²) in [5.41, 5.74) is 8.06. The molecule has 18 heavy (non-hydrogen) atoms. The fraction of sp³-hybridized carbons (Fsp3) is 0. The molecule has 0 aliphatic carbocycles. The highest BCUT2D eigenvalue weighted by Crippen LogP contribution is 2.32. The predicted molar refractivity (Wildman–Crippen MR) is 72.5 cm³/mol. The number of hydrogen-bond acceptors (Lipinski definition) is 4. The van der Waals surface area contributed by atoms with Crippen LogP contribution in [0, 0.1) is 0 Å². The molecule has 3 aromatic rings. The van der Waals surface area contributed by atoms with Gasteiger partial charge in [0, 0.05) is 17.1 Å². The lowest BCUT2D eigenvalue weighted by molar-refractivity contribution is 1.01. The van der Waals surface area contributed by atoms with Crippen LogP contribution < -0.4 is 11.6 Å². The molecule has 0 atom stereocenters. The van der Waals surface area contributed by atoms with Gasteiger partial charge in [-0.1, -0.05) is 11.6 Å². The normalized spacial score (nSPS) is 10.9. The summed E-state index contributed by atoms with van der Waals surface area (Å²) in [5, 5.41) is 1.51. The number of nitrogen functional groups attached to an aromatic ring is 2. The number of pyridine rings is 1. The van der Waals surface area contributed by atoms with E-state index in [2.05, 4.69) is 9.97 Å². The van der Waals surface area contributed by atoms with Crippen LogP contribution in [0.4, 0.5) is 5.82 Å². The Labute approximate surface area is 108 Å². The predicted octanol–water partition coefficient (Wildman–Crippen LogP) is 2.05. The van der Waals surface area contributed by atoms with Gasteiger partial charge in [-0.15, -0.1) is 0 Å². The van der Waals surface area contributed by atoms with E-state index in [1.54, 1.807) is 12.3 Å². The fourth-order valence-corrected chi connectivity index (χ4v) is 2.12. The molecule has 0 aliphatic rings. The van der Waals surface area contributed by atoms with Gasteiger partial charge in [-0.2, -0.15) is 0 Å². The molecule has 0 spiro atoms. The largest absolute Gasteiger partial charge is 0.382 e. The number of hydrogen-bond donors (Lipinski definition) is 2. The number of aromatic nitrogens is 3. The molecule has 0 aliphatic heterocycles. The zero-order valence-corrected chi connectivity index (χ0v) is 10.1. The van der Waals surface area contributed by atoms with Crippen molar-refractivity contribution in [2.75, 3.05) is 11.6 Å². The Morgan fingerprint density at radius 2 is 2.00 bits per heavy atom. The van der Waals surface area contributed by atoms with E-state index < -0.39 is 0 Å². The second-order valence-corrected chi connectivity index (χ2v) is 4.29. The highest BCUT2D eigenvalue weighted by atomic mass is 35.5. The Hall–Kier alpha value is -2.27. The van der Waals surface area contributed by atoms with Crippen molar-refractivity contribution in [3.63, 3.8) is 0 Å². The van der Waals surface area contributed by atoms with Crippen LogP contribution in [0.2, 0.25) is 5.02 Å². The quantitative estimate of drug-likeness (QED) is 0.655. The van der Waals surface area contributed by atoms with Gasteiger partial charge in [-0.05, 0) is 24.3 Å². The molecule has 0 amide bonds. The molecule has 0 unspecified atom stereocenters. The van der Waals surface area contributed by atoms with Gasteiger partial charge < -0.3 is 11.6 Å². The molecule has 3 rings (SSSR count). The van der Waals surface area contributed by atoms with Crippen LogP contribution in [-0.2, 0) is 0 Å². The molecule has 2 heterocycles. The minimum atomic E-state index is 0.393. The first kappa shape index (κ1) is 10.9. The van der Waals surface area contributed by atoms with Gasteiger partial charge in [0.1, 0.15) is 12.0 Å². The van der Waals surface area contributed by atoms with Crippen LogP contribution in [0.1, 0.15) is 0 Å². The Bertz CT molecular complexity index is 734.